The smallest absolute Gasteiger partial charge is 0.305 e. The standard InChI is InChI=1S/C16H15BrClNO2/c17-13-7-6-12(15(18)10-13)11-19(9-8-16(20)21)14-4-2-1-3-5-14/h1-7,10H,8-9,11H2,(H,20,21). The Hall–Kier alpha value is -1.52. The van der Waals surface area contributed by atoms with Crippen molar-refractivity contribution in [3.63, 3.8) is 0 Å². The highest BCUT2D eigenvalue weighted by Crippen LogP contribution is 2.25. The van der Waals surface area contributed by atoms with Gasteiger partial charge in [0.1, 0.15) is 0 Å². The maximum absolute atomic E-state index is 10.8. The summed E-state index contributed by atoms with van der Waals surface area (Å²) in [7, 11) is 0. The third-order valence-corrected chi connectivity index (χ3v) is 3.94. The van der Waals surface area contributed by atoms with Crippen molar-refractivity contribution in [2.75, 3.05) is 11.4 Å². The van der Waals surface area contributed by atoms with E-state index in [1.807, 2.05) is 53.4 Å². The maximum atomic E-state index is 10.8. The summed E-state index contributed by atoms with van der Waals surface area (Å²) in [5.41, 5.74) is 1.95. The third kappa shape index (κ3) is 4.76. The minimum absolute atomic E-state index is 0.0864. The molecular formula is C16H15BrClNO2. The summed E-state index contributed by atoms with van der Waals surface area (Å²) in [6.45, 7) is 1.01. The molecule has 1 N–H and O–H groups in total. The largest absolute Gasteiger partial charge is 0.481 e. The van der Waals surface area contributed by atoms with Gasteiger partial charge in [-0.15, -0.1) is 0 Å². The van der Waals surface area contributed by atoms with E-state index in [0.29, 0.717) is 18.1 Å². The van der Waals surface area contributed by atoms with Gasteiger partial charge in [0, 0.05) is 28.3 Å². The normalized spacial score (nSPS) is 10.4. The topological polar surface area (TPSA) is 40.5 Å². The lowest BCUT2D eigenvalue weighted by molar-refractivity contribution is -0.136. The first-order valence-electron chi connectivity index (χ1n) is 6.52. The number of carboxylic acid groups (broad SMARTS) is 1. The van der Waals surface area contributed by atoms with E-state index in [-0.39, 0.29) is 6.42 Å². The van der Waals surface area contributed by atoms with E-state index < -0.39 is 5.97 Å². The van der Waals surface area contributed by atoms with E-state index in [9.17, 15) is 4.79 Å². The molecule has 0 atom stereocenters. The summed E-state index contributed by atoms with van der Waals surface area (Å²) in [6, 6.07) is 15.5. The quantitative estimate of drug-likeness (QED) is 0.811. The molecule has 0 aliphatic carbocycles. The molecule has 0 fully saturated rings. The number of hydrogen-bond donors (Lipinski definition) is 1. The number of nitrogens with zero attached hydrogens (tertiary/aromatic N) is 1. The van der Waals surface area contributed by atoms with E-state index >= 15 is 0 Å². The SMILES string of the molecule is O=C(O)CCN(Cc1ccc(Br)cc1Cl)c1ccccc1. The monoisotopic (exact) mass is 367 g/mol. The molecule has 0 amide bonds. The Morgan fingerprint density at radius 2 is 1.90 bits per heavy atom. The number of aliphatic carboxylic acids is 1. The average Bonchev–Trinajstić information content (AvgIpc) is 2.46. The van der Waals surface area contributed by atoms with E-state index in [1.165, 1.54) is 0 Å². The third-order valence-electron chi connectivity index (χ3n) is 3.09. The number of hydrogen-bond acceptors (Lipinski definition) is 2. The van der Waals surface area contributed by atoms with Crippen LogP contribution in [0.4, 0.5) is 5.69 Å². The van der Waals surface area contributed by atoms with Crippen LogP contribution < -0.4 is 4.90 Å². The summed E-state index contributed by atoms with van der Waals surface area (Å²) >= 11 is 9.63. The fraction of sp³-hybridized carbons (Fsp3) is 0.188. The average molecular weight is 369 g/mol. The molecule has 2 aromatic carbocycles. The molecule has 0 aromatic heterocycles. The van der Waals surface area contributed by atoms with E-state index in [4.69, 9.17) is 16.7 Å². The highest BCUT2D eigenvalue weighted by Gasteiger charge is 2.11. The highest BCUT2D eigenvalue weighted by atomic mass is 79.9. The zero-order valence-corrected chi connectivity index (χ0v) is 13.6. The molecule has 5 heteroatoms. The molecule has 0 heterocycles. The van der Waals surface area contributed by atoms with Crippen LogP contribution in [-0.2, 0) is 11.3 Å². The highest BCUT2D eigenvalue weighted by molar-refractivity contribution is 9.10. The Kier molecular flexibility index (Phi) is 5.65. The van der Waals surface area contributed by atoms with Gasteiger partial charge in [-0.3, -0.25) is 4.79 Å². The van der Waals surface area contributed by atoms with Gasteiger partial charge in [0.15, 0.2) is 0 Å². The minimum Gasteiger partial charge on any atom is -0.481 e. The lowest BCUT2D eigenvalue weighted by atomic mass is 10.2. The van der Waals surface area contributed by atoms with Crippen molar-refractivity contribution >= 4 is 39.2 Å². The molecule has 21 heavy (non-hydrogen) atoms. The molecule has 2 rings (SSSR count). The van der Waals surface area contributed by atoms with Crippen LogP contribution in [0.3, 0.4) is 0 Å². The van der Waals surface area contributed by atoms with Gasteiger partial charge in [0.25, 0.3) is 0 Å². The number of benzene rings is 2. The second-order valence-corrected chi connectivity index (χ2v) is 5.96. The van der Waals surface area contributed by atoms with Gasteiger partial charge >= 0.3 is 5.97 Å². The molecule has 3 nitrogen and oxygen atoms in total. The summed E-state index contributed by atoms with van der Waals surface area (Å²) in [4.78, 5) is 12.9. The molecule has 2 aromatic rings. The van der Waals surface area contributed by atoms with Crippen molar-refractivity contribution in [3.05, 3.63) is 63.6 Å². The maximum Gasteiger partial charge on any atom is 0.305 e. The molecule has 0 bridgehead atoms. The van der Waals surface area contributed by atoms with Crippen LogP contribution in [0.2, 0.25) is 5.02 Å². The molecule has 110 valence electrons. The lowest BCUT2D eigenvalue weighted by Crippen LogP contribution is -2.25. The fourth-order valence-corrected chi connectivity index (χ4v) is 2.76. The van der Waals surface area contributed by atoms with Crippen LogP contribution in [0.25, 0.3) is 0 Å². The van der Waals surface area contributed by atoms with Crippen LogP contribution >= 0.6 is 27.5 Å². The summed E-state index contributed by atoms with van der Waals surface area (Å²) in [5, 5.41) is 9.57. The number of anilines is 1. The molecule has 0 radical (unpaired) electrons. The van der Waals surface area contributed by atoms with E-state index in [2.05, 4.69) is 15.9 Å². The van der Waals surface area contributed by atoms with Crippen LogP contribution in [0, 0.1) is 0 Å². The number of carboxylic acids is 1. The first-order valence-corrected chi connectivity index (χ1v) is 7.69. The van der Waals surface area contributed by atoms with Gasteiger partial charge in [-0.05, 0) is 29.8 Å². The molecule has 0 unspecified atom stereocenters. The zero-order valence-electron chi connectivity index (χ0n) is 11.3. The van der Waals surface area contributed by atoms with Crippen molar-refractivity contribution in [1.82, 2.24) is 0 Å². The molecule has 0 aliphatic heterocycles. The molecule has 0 aliphatic rings. The van der Waals surface area contributed by atoms with E-state index in [0.717, 1.165) is 15.7 Å². The predicted molar refractivity (Wildman–Crippen MR) is 88.9 cm³/mol. The number of halogens is 2. The van der Waals surface area contributed by atoms with Crippen LogP contribution in [0.1, 0.15) is 12.0 Å². The van der Waals surface area contributed by atoms with Gasteiger partial charge in [0.2, 0.25) is 0 Å². The number of carbonyl (C=O) groups is 1. The van der Waals surface area contributed by atoms with Crippen LogP contribution in [0.5, 0.6) is 0 Å². The second-order valence-electron chi connectivity index (χ2n) is 4.64. The first-order chi connectivity index (χ1) is 10.1. The number of para-hydroxylation sites is 1. The molecular weight excluding hydrogens is 354 g/mol. The second kappa shape index (κ2) is 7.48. The Labute approximate surface area is 137 Å². The fourth-order valence-electron chi connectivity index (χ4n) is 2.02. The Bertz CT molecular complexity index is 619. The van der Waals surface area contributed by atoms with Crippen LogP contribution in [0.15, 0.2) is 53.0 Å². The minimum atomic E-state index is -0.808. The Morgan fingerprint density at radius 1 is 1.19 bits per heavy atom. The first kappa shape index (κ1) is 15.9. The van der Waals surface area contributed by atoms with Gasteiger partial charge in [-0.2, -0.15) is 0 Å². The summed E-state index contributed by atoms with van der Waals surface area (Å²) in [5.74, 6) is -0.808. The van der Waals surface area contributed by atoms with Crippen molar-refractivity contribution in [2.24, 2.45) is 0 Å². The van der Waals surface area contributed by atoms with Crippen molar-refractivity contribution < 1.29 is 9.90 Å². The molecule has 0 saturated carbocycles. The summed E-state index contributed by atoms with van der Waals surface area (Å²) in [6.07, 6.45) is 0.0864. The lowest BCUT2D eigenvalue weighted by Gasteiger charge is -2.25. The summed E-state index contributed by atoms with van der Waals surface area (Å²) < 4.78 is 0.924. The van der Waals surface area contributed by atoms with Gasteiger partial charge < -0.3 is 10.0 Å². The molecule has 0 saturated heterocycles. The van der Waals surface area contributed by atoms with Crippen molar-refractivity contribution in [1.29, 1.82) is 0 Å². The van der Waals surface area contributed by atoms with Gasteiger partial charge in [0.05, 0.1) is 6.42 Å². The number of rotatable bonds is 6. The van der Waals surface area contributed by atoms with Gasteiger partial charge in [-0.1, -0.05) is 51.8 Å². The van der Waals surface area contributed by atoms with E-state index in [1.54, 1.807) is 0 Å². The van der Waals surface area contributed by atoms with Crippen molar-refractivity contribution in [2.45, 2.75) is 13.0 Å². The van der Waals surface area contributed by atoms with Crippen LogP contribution in [-0.4, -0.2) is 17.6 Å². The zero-order chi connectivity index (χ0) is 15.2. The molecule has 0 spiro atoms. The van der Waals surface area contributed by atoms with Gasteiger partial charge in [-0.25, -0.2) is 0 Å². The van der Waals surface area contributed by atoms with Crippen molar-refractivity contribution in [3.8, 4) is 0 Å². The Balaban J connectivity index is 2.21. The Morgan fingerprint density at radius 3 is 2.52 bits per heavy atom. The predicted octanol–water partition coefficient (Wildman–Crippen LogP) is 4.58.